The maximum atomic E-state index is 14.7. The molecule has 0 fully saturated rings. The Labute approximate surface area is 278 Å². The minimum atomic E-state index is -4.31. The standard InChI is InChI=1S/C37H43N3O6S/c1-6-28(3)38-37(42)34(23-29-13-9-7-10-14-29)39(25-30-15-11-8-12-16-30)36(41)26-40(33-24-31(45-4)19-22-35(33)46-5)47(43,44)32-20-17-27(2)18-21-32/h7-22,24,28,34H,6,23,25-26H2,1-5H3,(H,38,42)/t28-,34-/m1/s1. The molecular weight excluding hydrogens is 614 g/mol. The maximum Gasteiger partial charge on any atom is 0.264 e. The van der Waals surface area contributed by atoms with Gasteiger partial charge in [-0.15, -0.1) is 0 Å². The van der Waals surface area contributed by atoms with Crippen LogP contribution >= 0.6 is 0 Å². The molecule has 10 heteroatoms. The Hall–Kier alpha value is -4.83. The molecule has 0 spiro atoms. The molecule has 0 unspecified atom stereocenters. The van der Waals surface area contributed by atoms with Crippen LogP contribution in [-0.2, 0) is 32.6 Å². The molecule has 9 nitrogen and oxygen atoms in total. The molecule has 1 N–H and O–H groups in total. The lowest BCUT2D eigenvalue weighted by Crippen LogP contribution is -2.54. The van der Waals surface area contributed by atoms with Crippen LogP contribution in [0.4, 0.5) is 5.69 Å². The number of ether oxygens (including phenoxy) is 2. The number of sulfonamides is 1. The van der Waals surface area contributed by atoms with E-state index in [4.69, 9.17) is 9.47 Å². The molecule has 0 saturated carbocycles. The van der Waals surface area contributed by atoms with Crippen molar-refractivity contribution in [2.24, 2.45) is 0 Å². The molecule has 4 aromatic rings. The van der Waals surface area contributed by atoms with Gasteiger partial charge in [0, 0.05) is 25.1 Å². The highest BCUT2D eigenvalue weighted by molar-refractivity contribution is 7.92. The van der Waals surface area contributed by atoms with Gasteiger partial charge in [-0.2, -0.15) is 0 Å². The first-order valence-corrected chi connectivity index (χ1v) is 17.0. The lowest BCUT2D eigenvalue weighted by Gasteiger charge is -2.34. The first-order chi connectivity index (χ1) is 22.6. The Kier molecular flexibility index (Phi) is 12.0. The van der Waals surface area contributed by atoms with Crippen LogP contribution in [0.5, 0.6) is 11.5 Å². The lowest BCUT2D eigenvalue weighted by molar-refractivity contribution is -0.140. The van der Waals surface area contributed by atoms with Crippen LogP contribution < -0.4 is 19.1 Å². The van der Waals surface area contributed by atoms with E-state index in [0.29, 0.717) is 12.2 Å². The van der Waals surface area contributed by atoms with Crippen molar-refractivity contribution in [3.8, 4) is 11.5 Å². The molecule has 0 heterocycles. The Balaban J connectivity index is 1.86. The number of nitrogens with one attached hydrogen (secondary N) is 1. The molecular formula is C37H43N3O6S. The molecule has 4 aromatic carbocycles. The molecule has 47 heavy (non-hydrogen) atoms. The van der Waals surface area contributed by atoms with Crippen molar-refractivity contribution in [3.63, 3.8) is 0 Å². The minimum Gasteiger partial charge on any atom is -0.497 e. The molecule has 0 bridgehead atoms. The molecule has 0 saturated heterocycles. The molecule has 0 aliphatic carbocycles. The van der Waals surface area contributed by atoms with Gasteiger partial charge in [0.1, 0.15) is 24.1 Å². The fraction of sp³-hybridized carbons (Fsp3) is 0.297. The third-order valence-corrected chi connectivity index (χ3v) is 9.78. The summed E-state index contributed by atoms with van der Waals surface area (Å²) in [5.74, 6) is -0.262. The predicted molar refractivity (Wildman–Crippen MR) is 184 cm³/mol. The molecule has 2 atom stereocenters. The van der Waals surface area contributed by atoms with E-state index in [0.717, 1.165) is 21.0 Å². The Bertz CT molecular complexity index is 1730. The summed E-state index contributed by atoms with van der Waals surface area (Å²) in [5, 5.41) is 3.05. The highest BCUT2D eigenvalue weighted by atomic mass is 32.2. The third-order valence-electron chi connectivity index (χ3n) is 8.01. The first-order valence-electron chi connectivity index (χ1n) is 15.6. The zero-order valence-electron chi connectivity index (χ0n) is 27.6. The average Bonchev–Trinajstić information content (AvgIpc) is 3.09. The normalized spacial score (nSPS) is 12.4. The highest BCUT2D eigenvalue weighted by Crippen LogP contribution is 2.36. The van der Waals surface area contributed by atoms with Crippen LogP contribution in [0.2, 0.25) is 0 Å². The molecule has 4 rings (SSSR count). The van der Waals surface area contributed by atoms with Crippen molar-refractivity contribution >= 4 is 27.5 Å². The second-order valence-electron chi connectivity index (χ2n) is 11.4. The minimum absolute atomic E-state index is 0.00531. The number of aryl methyl sites for hydroxylation is 1. The van der Waals surface area contributed by atoms with E-state index in [9.17, 15) is 18.0 Å². The Morgan fingerprint density at radius 3 is 2.02 bits per heavy atom. The van der Waals surface area contributed by atoms with Gasteiger partial charge >= 0.3 is 0 Å². The lowest BCUT2D eigenvalue weighted by atomic mass is 10.0. The SMILES string of the molecule is CC[C@@H](C)NC(=O)[C@@H](Cc1ccccc1)N(Cc1ccccc1)C(=O)CN(c1cc(OC)ccc1OC)S(=O)(=O)c1ccc(C)cc1. The summed E-state index contributed by atoms with van der Waals surface area (Å²) in [5.41, 5.74) is 2.67. The van der Waals surface area contributed by atoms with Gasteiger partial charge in [0.2, 0.25) is 11.8 Å². The van der Waals surface area contributed by atoms with Crippen LogP contribution in [0.15, 0.2) is 108 Å². The zero-order valence-corrected chi connectivity index (χ0v) is 28.4. The first kappa shape index (κ1) is 35.0. The summed E-state index contributed by atoms with van der Waals surface area (Å²) in [6, 6.07) is 28.9. The molecule has 248 valence electrons. The van der Waals surface area contributed by atoms with Gasteiger partial charge in [0.25, 0.3) is 10.0 Å². The largest absolute Gasteiger partial charge is 0.497 e. The van der Waals surface area contributed by atoms with Crippen molar-refractivity contribution in [3.05, 3.63) is 120 Å². The van der Waals surface area contributed by atoms with E-state index in [1.165, 1.54) is 37.3 Å². The number of anilines is 1. The number of rotatable bonds is 15. The highest BCUT2D eigenvalue weighted by Gasteiger charge is 2.36. The maximum absolute atomic E-state index is 14.7. The monoisotopic (exact) mass is 657 g/mol. The number of amides is 2. The summed E-state index contributed by atoms with van der Waals surface area (Å²) in [7, 11) is -1.40. The summed E-state index contributed by atoms with van der Waals surface area (Å²) in [6.45, 7) is 5.22. The van der Waals surface area contributed by atoms with Gasteiger partial charge in [0.15, 0.2) is 0 Å². The van der Waals surface area contributed by atoms with Crippen molar-refractivity contribution in [1.82, 2.24) is 10.2 Å². The van der Waals surface area contributed by atoms with Gasteiger partial charge in [-0.25, -0.2) is 8.42 Å². The van der Waals surface area contributed by atoms with E-state index in [2.05, 4.69) is 5.32 Å². The van der Waals surface area contributed by atoms with E-state index in [1.807, 2.05) is 81.4 Å². The number of benzene rings is 4. The summed E-state index contributed by atoms with van der Waals surface area (Å²) in [6.07, 6.45) is 0.934. The number of hydrogen-bond acceptors (Lipinski definition) is 6. The van der Waals surface area contributed by atoms with Crippen molar-refractivity contribution < 1.29 is 27.5 Å². The number of carbonyl (C=O) groups excluding carboxylic acids is 2. The van der Waals surface area contributed by atoms with Gasteiger partial charge in [0.05, 0.1) is 24.8 Å². The van der Waals surface area contributed by atoms with E-state index >= 15 is 0 Å². The smallest absolute Gasteiger partial charge is 0.264 e. The van der Waals surface area contributed by atoms with Crippen LogP contribution in [0, 0.1) is 6.92 Å². The molecule has 0 radical (unpaired) electrons. The summed E-state index contributed by atoms with van der Waals surface area (Å²) < 4.78 is 40.8. The zero-order chi connectivity index (χ0) is 34.0. The Morgan fingerprint density at radius 2 is 1.45 bits per heavy atom. The van der Waals surface area contributed by atoms with Gasteiger partial charge in [-0.05, 0) is 55.7 Å². The quantitative estimate of drug-likeness (QED) is 0.174. The summed E-state index contributed by atoms with van der Waals surface area (Å²) in [4.78, 5) is 30.1. The fourth-order valence-corrected chi connectivity index (χ4v) is 6.53. The second-order valence-corrected chi connectivity index (χ2v) is 13.3. The van der Waals surface area contributed by atoms with E-state index in [1.54, 1.807) is 24.3 Å². The van der Waals surface area contributed by atoms with E-state index < -0.39 is 28.5 Å². The van der Waals surface area contributed by atoms with Gasteiger partial charge < -0.3 is 19.7 Å². The average molecular weight is 658 g/mol. The number of methoxy groups -OCH3 is 2. The Morgan fingerprint density at radius 1 is 0.830 bits per heavy atom. The van der Waals surface area contributed by atoms with Crippen LogP contribution in [0.1, 0.15) is 37.0 Å². The molecule has 0 aliphatic rings. The number of carbonyl (C=O) groups is 2. The topological polar surface area (TPSA) is 105 Å². The van der Waals surface area contributed by atoms with Crippen LogP contribution in [-0.4, -0.2) is 58.0 Å². The fourth-order valence-electron chi connectivity index (χ4n) is 5.12. The van der Waals surface area contributed by atoms with Crippen LogP contribution in [0.25, 0.3) is 0 Å². The predicted octanol–water partition coefficient (Wildman–Crippen LogP) is 5.76. The van der Waals surface area contributed by atoms with E-state index in [-0.39, 0.29) is 41.2 Å². The second kappa shape index (κ2) is 16.1. The van der Waals surface area contributed by atoms with Crippen molar-refractivity contribution in [2.45, 2.75) is 57.1 Å². The number of hydrogen-bond donors (Lipinski definition) is 1. The molecule has 2 amide bonds. The molecule has 0 aliphatic heterocycles. The number of nitrogens with zero attached hydrogens (tertiary/aromatic N) is 2. The molecule has 0 aromatic heterocycles. The third kappa shape index (κ3) is 8.92. The van der Waals surface area contributed by atoms with Crippen LogP contribution in [0.3, 0.4) is 0 Å². The van der Waals surface area contributed by atoms with Gasteiger partial charge in [-0.1, -0.05) is 85.3 Å². The van der Waals surface area contributed by atoms with Crippen molar-refractivity contribution in [2.75, 3.05) is 25.1 Å². The summed E-state index contributed by atoms with van der Waals surface area (Å²) >= 11 is 0. The van der Waals surface area contributed by atoms with Crippen molar-refractivity contribution in [1.29, 1.82) is 0 Å². The van der Waals surface area contributed by atoms with Gasteiger partial charge in [-0.3, -0.25) is 13.9 Å².